The quantitative estimate of drug-likeness (QED) is 0.378. The van der Waals surface area contributed by atoms with Crippen molar-refractivity contribution in [3.05, 3.63) is 0 Å². The van der Waals surface area contributed by atoms with Crippen molar-refractivity contribution in [2.75, 3.05) is 19.7 Å². The highest BCUT2D eigenvalue weighted by atomic mass is 16.5. The Morgan fingerprint density at radius 3 is 2.23 bits per heavy atom. The van der Waals surface area contributed by atoms with Crippen molar-refractivity contribution >= 4 is 11.9 Å². The van der Waals surface area contributed by atoms with E-state index in [0.717, 1.165) is 32.2 Å². The van der Waals surface area contributed by atoms with Crippen molar-refractivity contribution in [2.45, 2.75) is 79.1 Å². The van der Waals surface area contributed by atoms with E-state index in [1.54, 1.807) is 0 Å². The van der Waals surface area contributed by atoms with Gasteiger partial charge in [0, 0.05) is 19.5 Å². The van der Waals surface area contributed by atoms with Gasteiger partial charge in [0.2, 0.25) is 5.91 Å². The maximum atomic E-state index is 12.3. The van der Waals surface area contributed by atoms with E-state index < -0.39 is 0 Å². The van der Waals surface area contributed by atoms with E-state index in [1.165, 1.54) is 12.8 Å². The topological polar surface area (TPSA) is 46.6 Å². The minimum Gasteiger partial charge on any atom is -0.466 e. The SMILES string of the molecule is CCCCCCC(=O)N(CCC(=O)OCCCC)CC(C)C. The number of hydrogen-bond acceptors (Lipinski definition) is 3. The van der Waals surface area contributed by atoms with Gasteiger partial charge >= 0.3 is 5.97 Å². The summed E-state index contributed by atoms with van der Waals surface area (Å²) in [7, 11) is 0. The predicted octanol–water partition coefficient (Wildman–Crippen LogP) is 4.17. The van der Waals surface area contributed by atoms with Gasteiger partial charge in [-0.05, 0) is 18.8 Å². The van der Waals surface area contributed by atoms with E-state index in [1.807, 2.05) is 4.90 Å². The van der Waals surface area contributed by atoms with Crippen LogP contribution in [0.1, 0.15) is 79.1 Å². The molecule has 0 aromatic rings. The zero-order valence-corrected chi connectivity index (χ0v) is 15.0. The number of rotatable bonds is 13. The van der Waals surface area contributed by atoms with Crippen LogP contribution in [-0.2, 0) is 14.3 Å². The van der Waals surface area contributed by atoms with Crippen LogP contribution in [0.4, 0.5) is 0 Å². The largest absolute Gasteiger partial charge is 0.466 e. The summed E-state index contributed by atoms with van der Waals surface area (Å²) in [5, 5.41) is 0. The summed E-state index contributed by atoms with van der Waals surface area (Å²) in [6.07, 6.45) is 7.23. The summed E-state index contributed by atoms with van der Waals surface area (Å²) < 4.78 is 5.15. The number of nitrogens with zero attached hydrogens (tertiary/aromatic N) is 1. The highest BCUT2D eigenvalue weighted by Crippen LogP contribution is 2.08. The van der Waals surface area contributed by atoms with Gasteiger partial charge in [-0.1, -0.05) is 53.4 Å². The van der Waals surface area contributed by atoms with E-state index in [-0.39, 0.29) is 11.9 Å². The second kappa shape index (κ2) is 13.6. The Labute approximate surface area is 136 Å². The normalized spacial score (nSPS) is 10.8. The maximum absolute atomic E-state index is 12.3. The summed E-state index contributed by atoms with van der Waals surface area (Å²) >= 11 is 0. The minimum absolute atomic E-state index is 0.172. The molecule has 0 heterocycles. The van der Waals surface area contributed by atoms with Crippen LogP contribution in [0.3, 0.4) is 0 Å². The number of esters is 1. The average molecular weight is 313 g/mol. The molecular formula is C18H35NO3. The lowest BCUT2D eigenvalue weighted by Gasteiger charge is -2.24. The van der Waals surface area contributed by atoms with Crippen molar-refractivity contribution in [2.24, 2.45) is 5.92 Å². The summed E-state index contributed by atoms with van der Waals surface area (Å²) in [6, 6.07) is 0. The Balaban J connectivity index is 4.15. The first-order valence-electron chi connectivity index (χ1n) is 8.94. The van der Waals surface area contributed by atoms with Crippen molar-refractivity contribution in [1.29, 1.82) is 0 Å². The van der Waals surface area contributed by atoms with Crippen LogP contribution in [-0.4, -0.2) is 36.5 Å². The molecular weight excluding hydrogens is 278 g/mol. The van der Waals surface area contributed by atoms with Gasteiger partial charge in [-0.2, -0.15) is 0 Å². The third-order valence-corrected chi connectivity index (χ3v) is 3.53. The second-order valence-electron chi connectivity index (χ2n) is 6.37. The third-order valence-electron chi connectivity index (χ3n) is 3.53. The lowest BCUT2D eigenvalue weighted by atomic mass is 10.1. The molecule has 0 saturated carbocycles. The smallest absolute Gasteiger partial charge is 0.307 e. The predicted molar refractivity (Wildman–Crippen MR) is 90.7 cm³/mol. The number of amides is 1. The molecule has 4 heteroatoms. The van der Waals surface area contributed by atoms with Crippen LogP contribution >= 0.6 is 0 Å². The first kappa shape index (κ1) is 20.9. The van der Waals surface area contributed by atoms with E-state index in [0.29, 0.717) is 31.9 Å². The Morgan fingerprint density at radius 2 is 1.64 bits per heavy atom. The molecule has 0 aliphatic rings. The molecule has 130 valence electrons. The molecule has 0 saturated heterocycles. The monoisotopic (exact) mass is 313 g/mol. The fraction of sp³-hybridized carbons (Fsp3) is 0.889. The van der Waals surface area contributed by atoms with Crippen molar-refractivity contribution < 1.29 is 14.3 Å². The van der Waals surface area contributed by atoms with Crippen LogP contribution < -0.4 is 0 Å². The number of carbonyl (C=O) groups excluding carboxylic acids is 2. The molecule has 0 spiro atoms. The van der Waals surface area contributed by atoms with Crippen molar-refractivity contribution in [3.8, 4) is 0 Å². The molecule has 0 atom stereocenters. The average Bonchev–Trinajstić information content (AvgIpc) is 2.47. The first-order valence-corrected chi connectivity index (χ1v) is 8.94. The van der Waals surface area contributed by atoms with Gasteiger partial charge in [-0.3, -0.25) is 9.59 Å². The molecule has 22 heavy (non-hydrogen) atoms. The lowest BCUT2D eigenvalue weighted by Crippen LogP contribution is -2.36. The summed E-state index contributed by atoms with van der Waals surface area (Å²) in [6.45, 7) is 10.1. The third kappa shape index (κ3) is 11.6. The molecule has 4 nitrogen and oxygen atoms in total. The standard InChI is InChI=1S/C18H35NO3/c1-5-7-9-10-11-17(20)19(15-16(3)4)13-12-18(21)22-14-8-6-2/h16H,5-15H2,1-4H3. The van der Waals surface area contributed by atoms with E-state index >= 15 is 0 Å². The Kier molecular flexibility index (Phi) is 12.9. The number of hydrogen-bond donors (Lipinski definition) is 0. The number of ether oxygens (including phenoxy) is 1. The molecule has 0 bridgehead atoms. The van der Waals surface area contributed by atoms with Gasteiger partial charge in [0.05, 0.1) is 13.0 Å². The molecule has 0 aliphatic heterocycles. The zero-order chi connectivity index (χ0) is 16.8. The van der Waals surface area contributed by atoms with Gasteiger partial charge in [-0.15, -0.1) is 0 Å². The van der Waals surface area contributed by atoms with E-state index in [9.17, 15) is 9.59 Å². The van der Waals surface area contributed by atoms with Crippen molar-refractivity contribution in [3.63, 3.8) is 0 Å². The highest BCUT2D eigenvalue weighted by molar-refractivity contribution is 5.77. The maximum Gasteiger partial charge on any atom is 0.307 e. The Morgan fingerprint density at radius 1 is 0.955 bits per heavy atom. The summed E-state index contributed by atoms with van der Waals surface area (Å²) in [4.78, 5) is 25.8. The van der Waals surface area contributed by atoms with Gasteiger partial charge < -0.3 is 9.64 Å². The van der Waals surface area contributed by atoms with Gasteiger partial charge in [0.15, 0.2) is 0 Å². The number of unbranched alkanes of at least 4 members (excludes halogenated alkanes) is 4. The minimum atomic E-state index is -0.194. The zero-order valence-electron chi connectivity index (χ0n) is 15.0. The lowest BCUT2D eigenvalue weighted by molar-refractivity contribution is -0.144. The first-order chi connectivity index (χ1) is 10.5. The fourth-order valence-electron chi connectivity index (χ4n) is 2.25. The van der Waals surface area contributed by atoms with Crippen LogP contribution in [0.2, 0.25) is 0 Å². The Hall–Kier alpha value is -1.06. The van der Waals surface area contributed by atoms with E-state index in [2.05, 4.69) is 27.7 Å². The molecule has 0 N–H and O–H groups in total. The van der Waals surface area contributed by atoms with Crippen LogP contribution in [0.15, 0.2) is 0 Å². The van der Waals surface area contributed by atoms with Crippen molar-refractivity contribution in [1.82, 2.24) is 4.90 Å². The van der Waals surface area contributed by atoms with Gasteiger partial charge in [0.1, 0.15) is 0 Å². The molecule has 0 aliphatic carbocycles. The molecule has 1 amide bonds. The van der Waals surface area contributed by atoms with E-state index in [4.69, 9.17) is 4.74 Å². The summed E-state index contributed by atoms with van der Waals surface area (Å²) in [5.74, 6) is 0.392. The summed E-state index contributed by atoms with van der Waals surface area (Å²) in [5.41, 5.74) is 0. The van der Waals surface area contributed by atoms with Gasteiger partial charge in [0.25, 0.3) is 0 Å². The molecule has 0 rings (SSSR count). The Bertz CT molecular complexity index is 303. The molecule has 0 radical (unpaired) electrons. The molecule has 0 unspecified atom stereocenters. The van der Waals surface area contributed by atoms with Crippen LogP contribution in [0.5, 0.6) is 0 Å². The number of carbonyl (C=O) groups is 2. The molecule has 0 fully saturated rings. The van der Waals surface area contributed by atoms with Gasteiger partial charge in [-0.25, -0.2) is 0 Å². The fourth-order valence-corrected chi connectivity index (χ4v) is 2.25. The molecule has 0 aromatic carbocycles. The van der Waals surface area contributed by atoms with Crippen LogP contribution in [0.25, 0.3) is 0 Å². The second-order valence-corrected chi connectivity index (χ2v) is 6.37. The van der Waals surface area contributed by atoms with Crippen LogP contribution in [0, 0.1) is 5.92 Å². The molecule has 0 aromatic heterocycles. The highest BCUT2D eigenvalue weighted by Gasteiger charge is 2.16.